The van der Waals surface area contributed by atoms with Crippen LogP contribution >= 0.6 is 0 Å². The number of aryl methyl sites for hydroxylation is 1. The fourth-order valence-electron chi connectivity index (χ4n) is 3.70. The lowest BCUT2D eigenvalue weighted by Gasteiger charge is -2.11. The predicted molar refractivity (Wildman–Crippen MR) is 127 cm³/mol. The summed E-state index contributed by atoms with van der Waals surface area (Å²) in [4.78, 5) is 37.9. The van der Waals surface area contributed by atoms with E-state index in [1.54, 1.807) is 60.5 Å². The Kier molecular flexibility index (Phi) is 6.40. The summed E-state index contributed by atoms with van der Waals surface area (Å²) in [5.74, 6) is -1.28. The van der Waals surface area contributed by atoms with Crippen molar-refractivity contribution in [3.8, 4) is 5.69 Å². The molecule has 2 heterocycles. The Morgan fingerprint density at radius 2 is 1.53 bits per heavy atom. The van der Waals surface area contributed by atoms with Crippen LogP contribution in [0.2, 0.25) is 0 Å². The monoisotopic (exact) mass is 456 g/mol. The van der Waals surface area contributed by atoms with Gasteiger partial charge in [-0.15, -0.1) is 0 Å². The van der Waals surface area contributed by atoms with E-state index in [-0.39, 0.29) is 17.3 Å². The van der Waals surface area contributed by atoms with E-state index in [0.29, 0.717) is 28.2 Å². The number of ketones is 1. The van der Waals surface area contributed by atoms with Crippen LogP contribution in [-0.2, 0) is 4.74 Å². The quantitative estimate of drug-likeness (QED) is 0.335. The molecule has 0 aliphatic heterocycles. The number of ether oxygens (including phenoxy) is 1. The van der Waals surface area contributed by atoms with Gasteiger partial charge in [0.05, 0.1) is 17.6 Å². The maximum Gasteiger partial charge on any atom is 0.342 e. The van der Waals surface area contributed by atoms with Crippen LogP contribution in [0, 0.1) is 20.8 Å². The standard InChI is InChI=1S/C26H24N4O4/c1-17-14-22(18(2)29(17)28-25(32)20-10-6-4-7-11-20)24(31)16-34-26(33)23-15-27-30(19(23)3)21-12-8-5-9-13-21/h4-15H,16H2,1-3H3,(H,28,32). The molecule has 0 radical (unpaired) electrons. The number of nitrogens with zero attached hydrogens (tertiary/aromatic N) is 3. The van der Waals surface area contributed by atoms with E-state index >= 15 is 0 Å². The van der Waals surface area contributed by atoms with E-state index in [0.717, 1.165) is 5.69 Å². The fourth-order valence-corrected chi connectivity index (χ4v) is 3.70. The van der Waals surface area contributed by atoms with Gasteiger partial charge >= 0.3 is 5.97 Å². The lowest BCUT2D eigenvalue weighted by molar-refractivity contribution is 0.0473. The third-order valence-electron chi connectivity index (χ3n) is 5.55. The van der Waals surface area contributed by atoms with Gasteiger partial charge in [0, 0.05) is 22.5 Å². The molecule has 8 nitrogen and oxygen atoms in total. The van der Waals surface area contributed by atoms with Crippen molar-refractivity contribution in [3.63, 3.8) is 0 Å². The van der Waals surface area contributed by atoms with Crippen molar-refractivity contribution in [2.24, 2.45) is 0 Å². The molecular weight excluding hydrogens is 432 g/mol. The van der Waals surface area contributed by atoms with Crippen LogP contribution in [-0.4, -0.2) is 38.7 Å². The molecule has 4 aromatic rings. The molecular formula is C26H24N4O4. The van der Waals surface area contributed by atoms with Crippen molar-refractivity contribution in [1.82, 2.24) is 14.5 Å². The number of benzene rings is 2. The number of esters is 1. The number of nitrogens with one attached hydrogen (secondary N) is 1. The van der Waals surface area contributed by atoms with Crippen molar-refractivity contribution in [2.75, 3.05) is 12.0 Å². The van der Waals surface area contributed by atoms with Gasteiger partial charge in [0.15, 0.2) is 6.61 Å². The largest absolute Gasteiger partial charge is 0.454 e. The first-order valence-electron chi connectivity index (χ1n) is 10.7. The maximum absolute atomic E-state index is 12.8. The molecule has 0 atom stereocenters. The van der Waals surface area contributed by atoms with Gasteiger partial charge in [0.1, 0.15) is 5.56 Å². The van der Waals surface area contributed by atoms with Gasteiger partial charge in [-0.05, 0) is 51.1 Å². The van der Waals surface area contributed by atoms with Crippen molar-refractivity contribution in [3.05, 3.63) is 107 Å². The molecule has 0 aliphatic carbocycles. The topological polar surface area (TPSA) is 95.2 Å². The smallest absolute Gasteiger partial charge is 0.342 e. The highest BCUT2D eigenvalue weighted by molar-refractivity contribution is 6.02. The minimum atomic E-state index is -0.626. The van der Waals surface area contributed by atoms with E-state index in [1.807, 2.05) is 36.4 Å². The minimum Gasteiger partial charge on any atom is -0.454 e. The van der Waals surface area contributed by atoms with E-state index in [9.17, 15) is 14.4 Å². The molecule has 0 spiro atoms. The molecule has 8 heteroatoms. The second-order valence-corrected chi connectivity index (χ2v) is 7.82. The first kappa shape index (κ1) is 22.7. The number of hydrogen-bond acceptors (Lipinski definition) is 5. The van der Waals surface area contributed by atoms with Crippen LogP contribution in [0.3, 0.4) is 0 Å². The summed E-state index contributed by atoms with van der Waals surface area (Å²) < 4.78 is 8.48. The molecule has 0 fully saturated rings. The normalized spacial score (nSPS) is 10.7. The molecule has 0 bridgehead atoms. The first-order valence-corrected chi connectivity index (χ1v) is 10.7. The zero-order valence-electron chi connectivity index (χ0n) is 19.1. The van der Waals surface area contributed by atoms with Crippen LogP contribution in [0.5, 0.6) is 0 Å². The molecule has 2 aromatic carbocycles. The number of amides is 1. The minimum absolute atomic E-state index is 0.289. The number of Topliss-reactive ketones (excluding diaryl/α,β-unsaturated/α-hetero) is 1. The molecule has 0 aliphatic rings. The Bertz CT molecular complexity index is 1350. The van der Waals surface area contributed by atoms with Gasteiger partial charge in [0.2, 0.25) is 5.78 Å². The fraction of sp³-hybridized carbons (Fsp3) is 0.154. The number of aromatic nitrogens is 3. The van der Waals surface area contributed by atoms with Crippen LogP contribution in [0.15, 0.2) is 72.9 Å². The third kappa shape index (κ3) is 4.52. The molecule has 1 N–H and O–H groups in total. The van der Waals surface area contributed by atoms with Gasteiger partial charge in [-0.25, -0.2) is 9.48 Å². The van der Waals surface area contributed by atoms with Crippen LogP contribution < -0.4 is 5.43 Å². The van der Waals surface area contributed by atoms with Crippen LogP contribution in [0.1, 0.15) is 48.2 Å². The highest BCUT2D eigenvalue weighted by Crippen LogP contribution is 2.17. The summed E-state index contributed by atoms with van der Waals surface area (Å²) >= 11 is 0. The van der Waals surface area contributed by atoms with Crippen LogP contribution in [0.25, 0.3) is 5.69 Å². The van der Waals surface area contributed by atoms with Crippen molar-refractivity contribution in [2.45, 2.75) is 20.8 Å². The van der Waals surface area contributed by atoms with Crippen LogP contribution in [0.4, 0.5) is 0 Å². The lowest BCUT2D eigenvalue weighted by Crippen LogP contribution is -2.25. The highest BCUT2D eigenvalue weighted by atomic mass is 16.5. The highest BCUT2D eigenvalue weighted by Gasteiger charge is 2.21. The summed E-state index contributed by atoms with van der Waals surface area (Å²) in [5.41, 5.74) is 6.62. The summed E-state index contributed by atoms with van der Waals surface area (Å²) in [7, 11) is 0. The summed E-state index contributed by atoms with van der Waals surface area (Å²) in [6, 6.07) is 19.9. The summed E-state index contributed by atoms with van der Waals surface area (Å²) in [5, 5.41) is 4.26. The summed E-state index contributed by atoms with van der Waals surface area (Å²) in [6.45, 7) is 4.84. The Morgan fingerprint density at radius 3 is 2.21 bits per heavy atom. The molecule has 172 valence electrons. The van der Waals surface area contributed by atoms with Gasteiger partial charge in [-0.1, -0.05) is 36.4 Å². The SMILES string of the molecule is Cc1c(C(=O)OCC(=O)c2cc(C)n(NC(=O)c3ccccc3)c2C)cnn1-c1ccccc1. The lowest BCUT2D eigenvalue weighted by atomic mass is 10.1. The molecule has 2 aromatic heterocycles. The van der Waals surface area contributed by atoms with Crippen molar-refractivity contribution >= 4 is 17.7 Å². The Labute approximate surface area is 196 Å². The molecule has 0 saturated carbocycles. The van der Waals surface area contributed by atoms with Crippen molar-refractivity contribution < 1.29 is 19.1 Å². The third-order valence-corrected chi connectivity index (χ3v) is 5.55. The first-order chi connectivity index (χ1) is 16.4. The molecule has 4 rings (SSSR count). The second-order valence-electron chi connectivity index (χ2n) is 7.82. The van der Waals surface area contributed by atoms with Gasteiger partial charge < -0.3 is 4.74 Å². The van der Waals surface area contributed by atoms with E-state index < -0.39 is 12.6 Å². The summed E-state index contributed by atoms with van der Waals surface area (Å²) in [6.07, 6.45) is 1.43. The average molecular weight is 457 g/mol. The van der Waals surface area contributed by atoms with E-state index in [4.69, 9.17) is 4.74 Å². The van der Waals surface area contributed by atoms with Crippen molar-refractivity contribution in [1.29, 1.82) is 0 Å². The number of carbonyl (C=O) groups is 3. The van der Waals surface area contributed by atoms with E-state index in [2.05, 4.69) is 10.5 Å². The number of para-hydroxylation sites is 1. The molecule has 0 unspecified atom stereocenters. The second kappa shape index (κ2) is 9.58. The average Bonchev–Trinajstić information content (AvgIpc) is 3.38. The zero-order chi connectivity index (χ0) is 24.2. The predicted octanol–water partition coefficient (Wildman–Crippen LogP) is 4.02. The van der Waals surface area contributed by atoms with Gasteiger partial charge in [-0.2, -0.15) is 5.10 Å². The molecule has 0 saturated heterocycles. The number of carbonyl (C=O) groups excluding carboxylic acids is 3. The van der Waals surface area contributed by atoms with E-state index in [1.165, 1.54) is 6.20 Å². The number of hydrogen-bond donors (Lipinski definition) is 1. The molecule has 34 heavy (non-hydrogen) atoms. The Balaban J connectivity index is 1.44. The number of rotatable bonds is 7. The Hall–Kier alpha value is -4.46. The zero-order valence-corrected chi connectivity index (χ0v) is 19.1. The van der Waals surface area contributed by atoms with Gasteiger partial charge in [0.25, 0.3) is 5.91 Å². The van der Waals surface area contributed by atoms with Gasteiger partial charge in [-0.3, -0.25) is 19.7 Å². The Morgan fingerprint density at radius 1 is 0.882 bits per heavy atom. The maximum atomic E-state index is 12.8. The molecule has 1 amide bonds.